The van der Waals surface area contributed by atoms with E-state index < -0.39 is 5.97 Å². The molecule has 3 aromatic carbocycles. The van der Waals surface area contributed by atoms with Gasteiger partial charge in [0.1, 0.15) is 5.75 Å². The van der Waals surface area contributed by atoms with Gasteiger partial charge in [-0.05, 0) is 73.6 Å². The Morgan fingerprint density at radius 1 is 0.750 bits per heavy atom. The molecule has 0 spiro atoms. The molecule has 36 heavy (non-hydrogen) atoms. The van der Waals surface area contributed by atoms with Gasteiger partial charge < -0.3 is 15.2 Å². The van der Waals surface area contributed by atoms with Crippen molar-refractivity contribution in [2.24, 2.45) is 0 Å². The number of rotatable bonds is 12. The Labute approximate surface area is 216 Å². The van der Waals surface area contributed by atoms with E-state index in [-0.39, 0.29) is 11.5 Å². The number of hydrogen-bond acceptors (Lipinski definition) is 3. The third-order valence-electron chi connectivity index (χ3n) is 5.18. The molecule has 0 aliphatic rings. The van der Waals surface area contributed by atoms with Crippen LogP contribution in [0.1, 0.15) is 74.9 Å². The van der Waals surface area contributed by atoms with E-state index in [0.29, 0.717) is 25.1 Å². The Morgan fingerprint density at radius 3 is 2.08 bits per heavy atom. The summed E-state index contributed by atoms with van der Waals surface area (Å²) in [5, 5.41) is 11.8. The number of carbonyl (C=O) groups excluding carboxylic acids is 1. The molecule has 194 valence electrons. The number of hydrogen-bond donors (Lipinski definition) is 2. The Morgan fingerprint density at radius 2 is 1.42 bits per heavy atom. The van der Waals surface area contributed by atoms with Crippen LogP contribution in [0.5, 0.6) is 5.75 Å². The smallest absolute Gasteiger partial charge is 0.335 e. The molecule has 0 fully saturated rings. The van der Waals surface area contributed by atoms with E-state index in [1.54, 1.807) is 12.1 Å². The second-order valence-corrected chi connectivity index (χ2v) is 7.72. The average Bonchev–Trinajstić information content (AvgIpc) is 2.93. The first kappa shape index (κ1) is 30.4. The Balaban J connectivity index is 0.00000154. The lowest BCUT2D eigenvalue weighted by atomic mass is 10.1. The molecule has 0 unspecified atom stereocenters. The second-order valence-electron chi connectivity index (χ2n) is 7.72. The number of carbonyl (C=O) groups is 2. The number of amides is 1. The standard InChI is InChI=1S/C27H29NO4.2C2H6/c29-26(28-24-12-7-11-23(20-24)27(30)31)18-15-22-13-16-25(17-14-22)32-19-6-2-5-10-21-8-3-1-4-9-21;2*1-2/h1,3-4,7-9,11-14,16-17,20H,2,5-6,10,15,18-19H2,(H,28,29)(H,30,31);2*1-2H3. The number of ether oxygens (including phenoxy) is 1. The van der Waals surface area contributed by atoms with E-state index >= 15 is 0 Å². The van der Waals surface area contributed by atoms with Crippen LogP contribution in [0.4, 0.5) is 5.69 Å². The molecular formula is C31H41NO4. The van der Waals surface area contributed by atoms with Crippen molar-refractivity contribution < 1.29 is 19.4 Å². The number of nitrogens with one attached hydrogen (secondary N) is 1. The summed E-state index contributed by atoms with van der Waals surface area (Å²) in [6, 6.07) is 24.6. The Hall–Kier alpha value is -3.60. The van der Waals surface area contributed by atoms with Gasteiger partial charge in [-0.2, -0.15) is 0 Å². The van der Waals surface area contributed by atoms with E-state index in [1.807, 2.05) is 58.0 Å². The fraction of sp³-hybridized carbons (Fsp3) is 0.355. The second kappa shape index (κ2) is 18.7. The zero-order valence-corrected chi connectivity index (χ0v) is 22.1. The molecule has 0 aliphatic heterocycles. The number of benzene rings is 3. The predicted molar refractivity (Wildman–Crippen MR) is 149 cm³/mol. The average molecular weight is 492 g/mol. The molecule has 0 saturated heterocycles. The van der Waals surface area contributed by atoms with E-state index in [9.17, 15) is 9.59 Å². The van der Waals surface area contributed by atoms with Crippen LogP contribution in [0, 0.1) is 0 Å². The molecule has 0 atom stereocenters. The number of aryl methyl sites for hydroxylation is 2. The third-order valence-corrected chi connectivity index (χ3v) is 5.18. The van der Waals surface area contributed by atoms with Crippen LogP contribution < -0.4 is 10.1 Å². The van der Waals surface area contributed by atoms with Gasteiger partial charge in [0.25, 0.3) is 0 Å². The van der Waals surface area contributed by atoms with Crippen LogP contribution in [0.3, 0.4) is 0 Å². The summed E-state index contributed by atoms with van der Waals surface area (Å²) in [6.07, 6.45) is 5.35. The third kappa shape index (κ3) is 12.2. The normalized spacial score (nSPS) is 9.67. The van der Waals surface area contributed by atoms with Gasteiger partial charge in [-0.15, -0.1) is 0 Å². The van der Waals surface area contributed by atoms with Crippen LogP contribution in [0.15, 0.2) is 78.9 Å². The molecule has 0 aromatic heterocycles. The first-order chi connectivity index (χ1) is 17.6. The molecule has 0 radical (unpaired) electrons. The largest absolute Gasteiger partial charge is 0.494 e. The van der Waals surface area contributed by atoms with Crippen molar-refractivity contribution in [3.63, 3.8) is 0 Å². The molecule has 5 heteroatoms. The van der Waals surface area contributed by atoms with Crippen molar-refractivity contribution in [2.75, 3.05) is 11.9 Å². The van der Waals surface area contributed by atoms with Crippen molar-refractivity contribution >= 4 is 17.6 Å². The number of unbranched alkanes of at least 4 members (excludes halogenated alkanes) is 2. The molecule has 3 rings (SSSR count). The highest BCUT2D eigenvalue weighted by Gasteiger charge is 2.07. The Bertz CT molecular complexity index is 1000. The number of carboxylic acid groups (broad SMARTS) is 1. The molecule has 0 aliphatic carbocycles. The van der Waals surface area contributed by atoms with Crippen molar-refractivity contribution in [3.8, 4) is 5.75 Å². The lowest BCUT2D eigenvalue weighted by Gasteiger charge is -2.08. The monoisotopic (exact) mass is 491 g/mol. The minimum Gasteiger partial charge on any atom is -0.494 e. The fourth-order valence-electron chi connectivity index (χ4n) is 3.41. The highest BCUT2D eigenvalue weighted by Crippen LogP contribution is 2.16. The van der Waals surface area contributed by atoms with Crippen LogP contribution in [-0.4, -0.2) is 23.6 Å². The number of aromatic carboxylic acids is 1. The maximum atomic E-state index is 12.2. The maximum absolute atomic E-state index is 12.2. The fourth-order valence-corrected chi connectivity index (χ4v) is 3.41. The van der Waals surface area contributed by atoms with E-state index in [4.69, 9.17) is 9.84 Å². The number of anilines is 1. The quantitative estimate of drug-likeness (QED) is 0.253. The SMILES string of the molecule is CC.CC.O=C(CCc1ccc(OCCCCCc2ccccc2)cc1)Nc1cccc(C(=O)O)c1. The molecular weight excluding hydrogens is 450 g/mol. The molecule has 0 bridgehead atoms. The molecule has 2 N–H and O–H groups in total. The van der Waals surface area contributed by atoms with Crippen molar-refractivity contribution in [1.82, 2.24) is 0 Å². The Kier molecular flexibility index (Phi) is 15.8. The molecule has 0 heterocycles. The van der Waals surface area contributed by atoms with Gasteiger partial charge >= 0.3 is 5.97 Å². The molecule has 3 aromatic rings. The highest BCUT2D eigenvalue weighted by atomic mass is 16.5. The first-order valence-corrected chi connectivity index (χ1v) is 13.0. The van der Waals surface area contributed by atoms with Gasteiger partial charge in [0.15, 0.2) is 0 Å². The van der Waals surface area contributed by atoms with Gasteiger partial charge in [-0.3, -0.25) is 4.79 Å². The van der Waals surface area contributed by atoms with E-state index in [0.717, 1.165) is 37.0 Å². The maximum Gasteiger partial charge on any atom is 0.335 e. The van der Waals surface area contributed by atoms with Crippen LogP contribution in [-0.2, 0) is 17.6 Å². The highest BCUT2D eigenvalue weighted by molar-refractivity contribution is 5.93. The first-order valence-electron chi connectivity index (χ1n) is 13.0. The lowest BCUT2D eigenvalue weighted by molar-refractivity contribution is -0.116. The summed E-state index contributed by atoms with van der Waals surface area (Å²) in [5.41, 5.74) is 3.07. The van der Waals surface area contributed by atoms with Crippen LogP contribution >= 0.6 is 0 Å². The minimum absolute atomic E-state index is 0.148. The summed E-state index contributed by atoms with van der Waals surface area (Å²) in [6.45, 7) is 8.70. The van der Waals surface area contributed by atoms with E-state index in [2.05, 4.69) is 29.6 Å². The molecule has 1 amide bonds. The van der Waals surface area contributed by atoms with Gasteiger partial charge in [-0.1, -0.05) is 76.2 Å². The summed E-state index contributed by atoms with van der Waals surface area (Å²) in [4.78, 5) is 23.2. The molecule has 5 nitrogen and oxygen atoms in total. The zero-order chi connectivity index (χ0) is 26.6. The van der Waals surface area contributed by atoms with Crippen LogP contribution in [0.2, 0.25) is 0 Å². The summed E-state index contributed by atoms with van der Waals surface area (Å²) >= 11 is 0. The topological polar surface area (TPSA) is 75.6 Å². The van der Waals surface area contributed by atoms with Gasteiger partial charge in [0.05, 0.1) is 12.2 Å². The van der Waals surface area contributed by atoms with Crippen molar-refractivity contribution in [1.29, 1.82) is 0 Å². The summed E-state index contributed by atoms with van der Waals surface area (Å²) in [5.74, 6) is -0.328. The lowest BCUT2D eigenvalue weighted by Crippen LogP contribution is -2.12. The molecule has 0 saturated carbocycles. The summed E-state index contributed by atoms with van der Waals surface area (Å²) < 4.78 is 5.82. The minimum atomic E-state index is -1.02. The van der Waals surface area contributed by atoms with Gasteiger partial charge in [0.2, 0.25) is 5.91 Å². The predicted octanol–water partition coefficient (Wildman–Crippen LogP) is 7.80. The van der Waals surface area contributed by atoms with Gasteiger partial charge in [-0.25, -0.2) is 4.79 Å². The number of carboxylic acids is 1. The van der Waals surface area contributed by atoms with Crippen LogP contribution in [0.25, 0.3) is 0 Å². The van der Waals surface area contributed by atoms with Gasteiger partial charge in [0, 0.05) is 12.1 Å². The van der Waals surface area contributed by atoms with Crippen molar-refractivity contribution in [3.05, 3.63) is 95.6 Å². The van der Waals surface area contributed by atoms with E-state index in [1.165, 1.54) is 17.7 Å². The van der Waals surface area contributed by atoms with Crippen molar-refractivity contribution in [2.45, 2.75) is 66.2 Å². The summed E-state index contributed by atoms with van der Waals surface area (Å²) in [7, 11) is 0. The zero-order valence-electron chi connectivity index (χ0n) is 22.1.